The van der Waals surface area contributed by atoms with Gasteiger partial charge in [-0.2, -0.15) is 0 Å². The molecule has 1 aromatic rings. The predicted molar refractivity (Wildman–Crippen MR) is 135 cm³/mol. The van der Waals surface area contributed by atoms with Gasteiger partial charge >= 0.3 is 5.97 Å². The Hall–Kier alpha value is -3.47. The van der Waals surface area contributed by atoms with Crippen LogP contribution in [-0.2, 0) is 30.3 Å². The van der Waals surface area contributed by atoms with E-state index < -0.39 is 41.0 Å². The smallest absolute Gasteiger partial charge is 0.336 e. The normalized spacial score (nSPS) is 18.0. The summed E-state index contributed by atoms with van der Waals surface area (Å²) in [5.41, 5.74) is 9.54. The molecule has 36 heavy (non-hydrogen) atoms. The molecular formula is C25H38N6O5. The van der Waals surface area contributed by atoms with Gasteiger partial charge in [0.25, 0.3) is 5.91 Å². The number of likely N-dealkylation sites (tertiary alicyclic amines) is 1. The van der Waals surface area contributed by atoms with E-state index in [-0.39, 0.29) is 18.9 Å². The summed E-state index contributed by atoms with van der Waals surface area (Å²) in [5, 5.41) is 12.5. The number of carbonyl (C=O) groups is 4. The van der Waals surface area contributed by atoms with Crippen molar-refractivity contribution in [3.8, 4) is 0 Å². The van der Waals surface area contributed by atoms with Crippen LogP contribution in [0.4, 0.5) is 0 Å². The number of rotatable bonds is 11. The summed E-state index contributed by atoms with van der Waals surface area (Å²) < 4.78 is 5.52. The average molecular weight is 503 g/mol. The fourth-order valence-corrected chi connectivity index (χ4v) is 4.06. The molecule has 1 heterocycles. The summed E-state index contributed by atoms with van der Waals surface area (Å²) in [6.07, 6.45) is 2.31. The molecule has 2 amide bonds. The van der Waals surface area contributed by atoms with Gasteiger partial charge < -0.3 is 36.5 Å². The lowest BCUT2D eigenvalue weighted by atomic mass is 9.89. The minimum Gasteiger partial charge on any atom is -0.458 e. The van der Waals surface area contributed by atoms with E-state index in [0.717, 1.165) is 0 Å². The molecule has 2 rings (SSSR count). The zero-order valence-corrected chi connectivity index (χ0v) is 21.2. The van der Waals surface area contributed by atoms with Crippen molar-refractivity contribution in [2.75, 3.05) is 13.1 Å². The maximum absolute atomic E-state index is 13.8. The molecule has 1 aromatic carbocycles. The second-order valence-electron chi connectivity index (χ2n) is 10.0. The molecule has 0 spiro atoms. The summed E-state index contributed by atoms with van der Waals surface area (Å²) in [5.74, 6) is -2.21. The predicted octanol–water partition coefficient (Wildman–Crippen LogP) is 0.206. The van der Waals surface area contributed by atoms with E-state index >= 15 is 0 Å². The van der Waals surface area contributed by atoms with Crippen LogP contribution in [0, 0.1) is 5.41 Å². The van der Waals surface area contributed by atoms with Gasteiger partial charge in [0.1, 0.15) is 17.9 Å². The molecule has 11 nitrogen and oxygen atoms in total. The molecule has 0 aromatic heterocycles. The number of hydrogen-bond donors (Lipinski definition) is 5. The van der Waals surface area contributed by atoms with Crippen molar-refractivity contribution in [3.05, 3.63) is 35.9 Å². The van der Waals surface area contributed by atoms with Gasteiger partial charge in [-0.3, -0.25) is 15.0 Å². The Morgan fingerprint density at radius 1 is 1.25 bits per heavy atom. The Bertz CT molecular complexity index is 948. The van der Waals surface area contributed by atoms with Crippen molar-refractivity contribution in [1.29, 1.82) is 5.41 Å². The van der Waals surface area contributed by atoms with Crippen LogP contribution in [0.1, 0.15) is 52.0 Å². The zero-order chi connectivity index (χ0) is 26.9. The van der Waals surface area contributed by atoms with Crippen molar-refractivity contribution in [2.45, 2.75) is 76.1 Å². The van der Waals surface area contributed by atoms with Gasteiger partial charge in [-0.15, -0.1) is 0 Å². The van der Waals surface area contributed by atoms with E-state index in [4.69, 9.17) is 21.6 Å². The molecule has 0 bridgehead atoms. The van der Waals surface area contributed by atoms with Crippen LogP contribution in [0.5, 0.6) is 0 Å². The lowest BCUT2D eigenvalue weighted by Crippen LogP contribution is -2.65. The van der Waals surface area contributed by atoms with E-state index in [1.165, 1.54) is 4.90 Å². The highest BCUT2D eigenvalue weighted by atomic mass is 16.6. The Labute approximate surface area is 211 Å². The summed E-state index contributed by atoms with van der Waals surface area (Å²) >= 11 is 0. The Morgan fingerprint density at radius 3 is 2.50 bits per heavy atom. The molecule has 1 aliphatic heterocycles. The molecule has 1 aliphatic rings. The topological polar surface area (TPSA) is 181 Å². The van der Waals surface area contributed by atoms with Crippen LogP contribution >= 0.6 is 0 Å². The van der Waals surface area contributed by atoms with Gasteiger partial charge in [-0.25, -0.2) is 4.79 Å². The van der Waals surface area contributed by atoms with Gasteiger partial charge in [0, 0.05) is 19.5 Å². The SMILES string of the molecule is CC(C)(C)OC(=O)[C@@](N)(Cc1ccccc1)C(=O)N1CCC[C@H]1C(=O)N[C@H](C=O)CCCNC(=N)N. The molecular weight excluding hydrogens is 464 g/mol. The average Bonchev–Trinajstić information content (AvgIpc) is 3.29. The van der Waals surface area contributed by atoms with E-state index in [1.54, 1.807) is 45.0 Å². The summed E-state index contributed by atoms with van der Waals surface area (Å²) in [7, 11) is 0. The second kappa shape index (κ2) is 12.5. The Morgan fingerprint density at radius 2 is 1.92 bits per heavy atom. The lowest BCUT2D eigenvalue weighted by Gasteiger charge is -2.35. The van der Waals surface area contributed by atoms with Crippen molar-refractivity contribution < 1.29 is 23.9 Å². The number of guanidine groups is 1. The van der Waals surface area contributed by atoms with Crippen LogP contribution in [-0.4, -0.2) is 71.2 Å². The third-order valence-corrected chi connectivity index (χ3v) is 5.79. The van der Waals surface area contributed by atoms with Crippen molar-refractivity contribution in [1.82, 2.24) is 15.5 Å². The highest BCUT2D eigenvalue weighted by molar-refractivity contribution is 6.09. The monoisotopic (exact) mass is 502 g/mol. The molecule has 198 valence electrons. The molecule has 7 N–H and O–H groups in total. The van der Waals surface area contributed by atoms with Gasteiger partial charge in [0.2, 0.25) is 5.91 Å². The number of esters is 1. The van der Waals surface area contributed by atoms with Crippen molar-refractivity contribution in [3.63, 3.8) is 0 Å². The number of aldehydes is 1. The standard InChI is InChI=1S/C25H38N6O5/c1-24(2,3)36-22(35)25(28,15-17-9-5-4-6-10-17)21(34)31-14-8-12-19(31)20(33)30-18(16-32)11-7-13-29-23(26)27/h4-6,9-10,16,18-19H,7-8,11-15,28H2,1-3H3,(H,30,33)(H4,26,27,29)/t18-,19-,25+/m0/s1. The number of ether oxygens (including phenoxy) is 1. The van der Waals surface area contributed by atoms with E-state index in [1.807, 2.05) is 6.07 Å². The van der Waals surface area contributed by atoms with Crippen LogP contribution in [0.3, 0.4) is 0 Å². The van der Waals surface area contributed by atoms with Crippen molar-refractivity contribution in [2.24, 2.45) is 11.5 Å². The van der Waals surface area contributed by atoms with E-state index in [9.17, 15) is 19.2 Å². The molecule has 0 aliphatic carbocycles. The zero-order valence-electron chi connectivity index (χ0n) is 21.2. The second-order valence-corrected chi connectivity index (χ2v) is 10.0. The first-order chi connectivity index (χ1) is 16.9. The van der Waals surface area contributed by atoms with Crippen LogP contribution in [0.15, 0.2) is 30.3 Å². The molecule has 11 heteroatoms. The van der Waals surface area contributed by atoms with Gasteiger partial charge in [0.15, 0.2) is 11.5 Å². The number of amides is 2. The minimum atomic E-state index is -2.03. The van der Waals surface area contributed by atoms with Gasteiger partial charge in [0.05, 0.1) is 6.04 Å². The van der Waals surface area contributed by atoms with Crippen molar-refractivity contribution >= 4 is 30.0 Å². The fraction of sp³-hybridized carbons (Fsp3) is 0.560. The van der Waals surface area contributed by atoms with Crippen LogP contribution < -0.4 is 22.1 Å². The maximum Gasteiger partial charge on any atom is 0.336 e. The quantitative estimate of drug-likeness (QED) is 0.0710. The number of carbonyl (C=O) groups excluding carboxylic acids is 4. The third kappa shape index (κ3) is 8.04. The first kappa shape index (κ1) is 28.8. The number of benzene rings is 1. The van der Waals surface area contributed by atoms with Gasteiger partial charge in [-0.1, -0.05) is 30.3 Å². The van der Waals surface area contributed by atoms with Gasteiger partial charge in [-0.05, 0) is 52.0 Å². The fourth-order valence-electron chi connectivity index (χ4n) is 4.06. The first-order valence-corrected chi connectivity index (χ1v) is 12.1. The van der Waals surface area contributed by atoms with E-state index in [0.29, 0.717) is 44.1 Å². The molecule has 0 saturated carbocycles. The molecule has 3 atom stereocenters. The lowest BCUT2D eigenvalue weighted by molar-refractivity contribution is -0.167. The first-order valence-electron chi connectivity index (χ1n) is 12.1. The van der Waals surface area contributed by atoms with E-state index in [2.05, 4.69) is 10.6 Å². The third-order valence-electron chi connectivity index (χ3n) is 5.79. The van der Waals surface area contributed by atoms with Crippen LogP contribution in [0.2, 0.25) is 0 Å². The molecule has 0 radical (unpaired) electrons. The summed E-state index contributed by atoms with van der Waals surface area (Å²) in [6.45, 7) is 5.71. The number of nitrogens with zero attached hydrogens (tertiary/aromatic N) is 1. The molecule has 1 fully saturated rings. The minimum absolute atomic E-state index is 0.0907. The number of nitrogens with two attached hydrogens (primary N) is 2. The van der Waals surface area contributed by atoms with Crippen LogP contribution in [0.25, 0.3) is 0 Å². The maximum atomic E-state index is 13.8. The largest absolute Gasteiger partial charge is 0.458 e. The molecule has 1 saturated heterocycles. The Kier molecular flexibility index (Phi) is 9.97. The number of hydrogen-bond acceptors (Lipinski definition) is 7. The summed E-state index contributed by atoms with van der Waals surface area (Å²) in [4.78, 5) is 52.9. The highest BCUT2D eigenvalue weighted by Gasteiger charge is 2.50. The molecule has 0 unspecified atom stereocenters. The Balaban J connectivity index is 2.19. The number of nitrogens with one attached hydrogen (secondary N) is 3. The summed E-state index contributed by atoms with van der Waals surface area (Å²) in [6, 6.07) is 7.29. The highest BCUT2D eigenvalue weighted by Crippen LogP contribution is 2.26.